The molecule has 0 amide bonds. The molecular formula is C16H11NO5. The van der Waals surface area contributed by atoms with Crippen LogP contribution in [0.5, 0.6) is 0 Å². The van der Waals surface area contributed by atoms with E-state index in [0.717, 1.165) is 0 Å². The van der Waals surface area contributed by atoms with Crippen molar-refractivity contribution in [2.45, 2.75) is 18.6 Å². The van der Waals surface area contributed by atoms with Gasteiger partial charge >= 0.3 is 11.9 Å². The summed E-state index contributed by atoms with van der Waals surface area (Å²) in [4.78, 5) is 23.6. The van der Waals surface area contributed by atoms with Crippen LogP contribution < -0.4 is 0 Å². The van der Waals surface area contributed by atoms with E-state index in [1.807, 2.05) is 0 Å². The van der Waals surface area contributed by atoms with Gasteiger partial charge in [-0.15, -0.1) is 0 Å². The first-order chi connectivity index (χ1) is 10.5. The van der Waals surface area contributed by atoms with Gasteiger partial charge in [-0.3, -0.25) is 0 Å². The number of rotatable bonds is 3. The highest BCUT2D eigenvalue weighted by atomic mass is 16.6. The van der Waals surface area contributed by atoms with E-state index in [0.29, 0.717) is 16.3 Å². The highest BCUT2D eigenvalue weighted by Crippen LogP contribution is 2.34. The van der Waals surface area contributed by atoms with Gasteiger partial charge in [-0.25, -0.2) is 9.59 Å². The van der Waals surface area contributed by atoms with Gasteiger partial charge in [-0.05, 0) is 23.1 Å². The van der Waals surface area contributed by atoms with E-state index in [1.54, 1.807) is 18.2 Å². The smallest absolute Gasteiger partial charge is 0.346 e. The first-order valence-electron chi connectivity index (χ1n) is 6.60. The Morgan fingerprint density at radius 3 is 2.45 bits per heavy atom. The Labute approximate surface area is 125 Å². The lowest BCUT2D eigenvalue weighted by Gasteiger charge is -2.21. The van der Waals surface area contributed by atoms with Crippen LogP contribution in [0.3, 0.4) is 0 Å². The van der Waals surface area contributed by atoms with Gasteiger partial charge in [0, 0.05) is 5.39 Å². The normalized spacial score (nSPS) is 16.0. The molecule has 0 saturated carbocycles. The molecule has 2 N–H and O–H groups in total. The summed E-state index contributed by atoms with van der Waals surface area (Å²) >= 11 is 0. The van der Waals surface area contributed by atoms with E-state index in [4.69, 9.17) is 5.26 Å². The quantitative estimate of drug-likeness (QED) is 0.656. The second kappa shape index (κ2) is 5.22. The van der Waals surface area contributed by atoms with E-state index < -0.39 is 24.1 Å². The zero-order valence-corrected chi connectivity index (χ0v) is 11.3. The molecule has 1 aliphatic rings. The highest BCUT2D eigenvalue weighted by molar-refractivity contribution is 6.21. The molecule has 2 unspecified atom stereocenters. The summed E-state index contributed by atoms with van der Waals surface area (Å²) in [6.07, 6.45) is -2.78. The highest BCUT2D eigenvalue weighted by Gasteiger charge is 2.29. The van der Waals surface area contributed by atoms with Gasteiger partial charge in [0.05, 0.1) is 29.7 Å². The third-order valence-electron chi connectivity index (χ3n) is 3.68. The fourth-order valence-corrected chi connectivity index (χ4v) is 2.63. The van der Waals surface area contributed by atoms with Crippen molar-refractivity contribution in [1.29, 1.82) is 5.26 Å². The fraction of sp³-hybridized carbons (Fsp3) is 0.188. The number of carbonyl (C=O) groups is 2. The number of esters is 2. The van der Waals surface area contributed by atoms with Crippen LogP contribution in [0.1, 0.15) is 38.8 Å². The third-order valence-corrected chi connectivity index (χ3v) is 3.68. The summed E-state index contributed by atoms with van der Waals surface area (Å²) in [6, 6.07) is 9.50. The van der Waals surface area contributed by atoms with Crippen molar-refractivity contribution in [3.63, 3.8) is 0 Å². The number of ether oxygens (including phenoxy) is 1. The monoisotopic (exact) mass is 297 g/mol. The number of carbonyl (C=O) groups excluding carboxylic acids is 2. The molecule has 0 aliphatic carbocycles. The molecule has 0 saturated heterocycles. The largest absolute Gasteiger partial charge is 0.389 e. The summed E-state index contributed by atoms with van der Waals surface area (Å²) in [7, 11) is 0. The van der Waals surface area contributed by atoms with E-state index in [9.17, 15) is 19.8 Å². The molecular weight excluding hydrogens is 286 g/mol. The van der Waals surface area contributed by atoms with Gasteiger partial charge in [0.2, 0.25) is 0 Å². The number of aliphatic hydroxyl groups excluding tert-OH is 2. The van der Waals surface area contributed by atoms with Gasteiger partial charge < -0.3 is 14.9 Å². The molecule has 0 spiro atoms. The van der Waals surface area contributed by atoms with Gasteiger partial charge in [0.15, 0.2) is 0 Å². The summed E-state index contributed by atoms with van der Waals surface area (Å²) in [5.74, 6) is -1.49. The zero-order valence-electron chi connectivity index (χ0n) is 11.3. The lowest BCUT2D eigenvalue weighted by molar-refractivity contribution is 0.0225. The van der Waals surface area contributed by atoms with E-state index in [-0.39, 0.29) is 17.5 Å². The maximum Gasteiger partial charge on any atom is 0.346 e. The topological polar surface area (TPSA) is 108 Å². The molecule has 2 aromatic carbocycles. The second-order valence-corrected chi connectivity index (χ2v) is 4.98. The zero-order chi connectivity index (χ0) is 15.9. The minimum absolute atomic E-state index is 0.231. The van der Waals surface area contributed by atoms with Crippen molar-refractivity contribution >= 4 is 22.7 Å². The Kier molecular flexibility index (Phi) is 3.37. The summed E-state index contributed by atoms with van der Waals surface area (Å²) in [6.45, 7) is 0. The molecule has 0 radical (unpaired) electrons. The molecule has 22 heavy (non-hydrogen) atoms. The van der Waals surface area contributed by atoms with Gasteiger partial charge in [0.1, 0.15) is 6.10 Å². The first-order valence-corrected chi connectivity index (χ1v) is 6.60. The van der Waals surface area contributed by atoms with Gasteiger partial charge in [-0.2, -0.15) is 5.26 Å². The number of nitrogens with zero attached hydrogens (tertiary/aromatic N) is 1. The van der Waals surface area contributed by atoms with Crippen molar-refractivity contribution in [2.24, 2.45) is 0 Å². The van der Waals surface area contributed by atoms with Crippen molar-refractivity contribution in [3.8, 4) is 6.07 Å². The van der Waals surface area contributed by atoms with Crippen LogP contribution in [0.15, 0.2) is 30.3 Å². The number of benzene rings is 2. The Morgan fingerprint density at radius 1 is 1.09 bits per heavy atom. The molecule has 6 heteroatoms. The molecule has 6 nitrogen and oxygen atoms in total. The molecule has 0 fully saturated rings. The number of hydrogen-bond acceptors (Lipinski definition) is 6. The van der Waals surface area contributed by atoms with Crippen LogP contribution >= 0.6 is 0 Å². The van der Waals surface area contributed by atoms with E-state index in [1.165, 1.54) is 18.2 Å². The molecule has 1 aliphatic heterocycles. The summed E-state index contributed by atoms with van der Waals surface area (Å²) in [5, 5.41) is 29.5. The van der Waals surface area contributed by atoms with Crippen LogP contribution in [0.2, 0.25) is 0 Å². The predicted octanol–water partition coefficient (Wildman–Crippen LogP) is 1.46. The van der Waals surface area contributed by atoms with E-state index in [2.05, 4.69) is 4.74 Å². The maximum atomic E-state index is 11.8. The average Bonchev–Trinajstić information content (AvgIpc) is 2.51. The standard InChI is InChI=1S/C16H11NO5/c17-7-6-12(18)14(19)9-4-5-11-13-8(9)2-1-3-10(13)15(20)22-16(11)21/h1-5,12,14,18-19H,6H2. The van der Waals surface area contributed by atoms with Crippen molar-refractivity contribution in [3.05, 3.63) is 47.0 Å². The van der Waals surface area contributed by atoms with E-state index >= 15 is 0 Å². The van der Waals surface area contributed by atoms with Gasteiger partial charge in [0.25, 0.3) is 0 Å². The van der Waals surface area contributed by atoms with Crippen LogP contribution in [0.25, 0.3) is 10.8 Å². The second-order valence-electron chi connectivity index (χ2n) is 4.98. The van der Waals surface area contributed by atoms with Crippen molar-refractivity contribution < 1.29 is 24.5 Å². The van der Waals surface area contributed by atoms with Crippen molar-refractivity contribution in [2.75, 3.05) is 0 Å². The number of aliphatic hydroxyl groups is 2. The first kappa shape index (κ1) is 14.2. The third kappa shape index (κ3) is 2.04. The Hall–Kier alpha value is -2.75. The number of hydrogen-bond donors (Lipinski definition) is 2. The Bertz CT molecular complexity index is 816. The van der Waals surface area contributed by atoms with Crippen LogP contribution in [0.4, 0.5) is 0 Å². The summed E-state index contributed by atoms with van der Waals surface area (Å²) < 4.78 is 4.66. The molecule has 2 atom stereocenters. The average molecular weight is 297 g/mol. The summed E-state index contributed by atoms with van der Waals surface area (Å²) in [5.41, 5.74) is 0.817. The molecule has 0 aromatic heterocycles. The molecule has 2 aromatic rings. The predicted molar refractivity (Wildman–Crippen MR) is 74.9 cm³/mol. The van der Waals surface area contributed by atoms with Gasteiger partial charge in [-0.1, -0.05) is 18.2 Å². The van der Waals surface area contributed by atoms with Crippen LogP contribution in [-0.2, 0) is 4.74 Å². The lowest BCUT2D eigenvalue weighted by atomic mass is 9.90. The Morgan fingerprint density at radius 2 is 1.77 bits per heavy atom. The molecule has 0 bridgehead atoms. The van der Waals surface area contributed by atoms with Crippen LogP contribution in [0, 0.1) is 11.3 Å². The number of nitriles is 1. The number of cyclic esters (lactones) is 2. The lowest BCUT2D eigenvalue weighted by Crippen LogP contribution is -2.22. The maximum absolute atomic E-state index is 11.8. The SMILES string of the molecule is N#CCC(O)C(O)c1ccc2c3c(cccc13)C(=O)OC2=O. The molecule has 1 heterocycles. The van der Waals surface area contributed by atoms with Crippen molar-refractivity contribution in [1.82, 2.24) is 0 Å². The minimum Gasteiger partial charge on any atom is -0.389 e. The Balaban J connectivity index is 2.25. The fourth-order valence-electron chi connectivity index (χ4n) is 2.63. The van der Waals surface area contributed by atoms with Crippen LogP contribution in [-0.4, -0.2) is 28.3 Å². The molecule has 110 valence electrons. The molecule has 3 rings (SSSR count). The minimum atomic E-state index is -1.29.